The molecule has 0 saturated carbocycles. The number of thiocarbonyl (C=S) groups is 2. The van der Waals surface area contributed by atoms with Gasteiger partial charge in [0.15, 0.2) is 5.78 Å². The fourth-order valence-electron chi connectivity index (χ4n) is 3.71. The number of aliphatic hydroxyl groups excluding tert-OH is 1. The molecule has 0 aromatic heterocycles. The Morgan fingerprint density at radius 3 is 1.86 bits per heavy atom. The molecule has 1 fully saturated rings. The summed E-state index contributed by atoms with van der Waals surface area (Å²) in [5.41, 5.74) is 1.88. The molecule has 9 heteroatoms. The highest BCUT2D eigenvalue weighted by Gasteiger charge is 2.20. The number of hydrogen-bond donors (Lipinski definition) is 1. The minimum Gasteiger partial charge on any atom is -0.510 e. The lowest BCUT2D eigenvalue weighted by Crippen LogP contribution is -2.42. The second-order valence-corrected chi connectivity index (χ2v) is 9.61. The summed E-state index contributed by atoms with van der Waals surface area (Å²) in [6, 6.07) is 19.1. The standard InChI is InChI=1S/C27H33N5O2S2/c1-29-14-16-32(17-15-29)28-18-23(24(33)19-30(2)26(35)21-10-6-4-7-11-21)25(34)20-31(3)27(36)22-12-8-5-9-13-22/h4-13,18,33H,14-17,19-20H2,1-3H3. The van der Waals surface area contributed by atoms with Gasteiger partial charge in [-0.05, 0) is 7.05 Å². The summed E-state index contributed by atoms with van der Waals surface area (Å²) < 4.78 is 0. The molecular weight excluding hydrogens is 490 g/mol. The Morgan fingerprint density at radius 2 is 1.36 bits per heavy atom. The summed E-state index contributed by atoms with van der Waals surface area (Å²) in [7, 11) is 5.64. The van der Waals surface area contributed by atoms with E-state index in [-0.39, 0.29) is 30.2 Å². The number of nitrogens with zero attached hydrogens (tertiary/aromatic N) is 5. The molecule has 1 saturated heterocycles. The van der Waals surface area contributed by atoms with Crippen molar-refractivity contribution in [1.82, 2.24) is 19.7 Å². The molecule has 0 unspecified atom stereocenters. The van der Waals surface area contributed by atoms with Crippen molar-refractivity contribution < 1.29 is 9.90 Å². The number of piperazine rings is 1. The van der Waals surface area contributed by atoms with Gasteiger partial charge in [-0.1, -0.05) is 85.1 Å². The molecule has 3 rings (SSSR count). The number of carbonyl (C=O) groups excluding carboxylic acids is 1. The monoisotopic (exact) mass is 523 g/mol. The molecule has 7 nitrogen and oxygen atoms in total. The van der Waals surface area contributed by atoms with Gasteiger partial charge < -0.3 is 19.8 Å². The van der Waals surface area contributed by atoms with Gasteiger partial charge in [-0.2, -0.15) is 5.10 Å². The zero-order valence-corrected chi connectivity index (χ0v) is 22.6. The molecule has 0 radical (unpaired) electrons. The molecule has 1 aliphatic rings. The van der Waals surface area contributed by atoms with E-state index >= 15 is 0 Å². The van der Waals surface area contributed by atoms with Crippen LogP contribution in [0.3, 0.4) is 0 Å². The van der Waals surface area contributed by atoms with Gasteiger partial charge in [-0.3, -0.25) is 9.80 Å². The number of carbonyl (C=O) groups is 1. The molecule has 0 amide bonds. The van der Waals surface area contributed by atoms with Crippen LogP contribution in [0.4, 0.5) is 0 Å². The van der Waals surface area contributed by atoms with Crippen LogP contribution in [0.25, 0.3) is 0 Å². The first-order chi connectivity index (χ1) is 17.3. The molecule has 190 valence electrons. The van der Waals surface area contributed by atoms with Gasteiger partial charge in [0.2, 0.25) is 0 Å². The van der Waals surface area contributed by atoms with Gasteiger partial charge >= 0.3 is 0 Å². The molecule has 1 heterocycles. The van der Waals surface area contributed by atoms with Crippen molar-refractivity contribution >= 4 is 46.4 Å². The van der Waals surface area contributed by atoms with E-state index in [1.807, 2.05) is 65.7 Å². The fourth-order valence-corrected chi connectivity index (χ4v) is 4.12. The maximum atomic E-state index is 13.4. The number of aliphatic hydroxyl groups is 1. The quantitative estimate of drug-likeness (QED) is 0.233. The third-order valence-electron chi connectivity index (χ3n) is 5.94. The largest absolute Gasteiger partial charge is 0.510 e. The van der Waals surface area contributed by atoms with E-state index in [1.54, 1.807) is 23.9 Å². The summed E-state index contributed by atoms with van der Waals surface area (Å²) in [5.74, 6) is -0.358. The zero-order chi connectivity index (χ0) is 26.1. The maximum absolute atomic E-state index is 13.4. The number of hydrazone groups is 1. The summed E-state index contributed by atoms with van der Waals surface area (Å²) in [6.07, 6.45) is 1.47. The van der Waals surface area contributed by atoms with Crippen molar-refractivity contribution in [3.05, 3.63) is 83.1 Å². The van der Waals surface area contributed by atoms with Crippen molar-refractivity contribution in [3.8, 4) is 0 Å². The van der Waals surface area contributed by atoms with E-state index in [9.17, 15) is 9.90 Å². The van der Waals surface area contributed by atoms with Gasteiger partial charge in [-0.25, -0.2) is 0 Å². The van der Waals surface area contributed by atoms with Crippen molar-refractivity contribution in [1.29, 1.82) is 0 Å². The van der Waals surface area contributed by atoms with Crippen LogP contribution >= 0.6 is 24.4 Å². The van der Waals surface area contributed by atoms with Gasteiger partial charge in [0, 0.05) is 51.4 Å². The topological polar surface area (TPSA) is 62.6 Å². The lowest BCUT2D eigenvalue weighted by atomic mass is 10.1. The van der Waals surface area contributed by atoms with Crippen LogP contribution in [-0.2, 0) is 4.79 Å². The summed E-state index contributed by atoms with van der Waals surface area (Å²) in [5, 5.41) is 17.5. The molecule has 0 aliphatic carbocycles. The normalized spacial score (nSPS) is 14.9. The molecule has 0 bridgehead atoms. The number of hydrogen-bond acceptors (Lipinski definition) is 7. The van der Waals surface area contributed by atoms with Crippen molar-refractivity contribution in [2.75, 3.05) is 60.4 Å². The van der Waals surface area contributed by atoms with Crippen LogP contribution in [0.1, 0.15) is 11.1 Å². The van der Waals surface area contributed by atoms with Crippen LogP contribution in [0.2, 0.25) is 0 Å². The van der Waals surface area contributed by atoms with E-state index in [1.165, 1.54) is 6.21 Å². The van der Waals surface area contributed by atoms with Gasteiger partial charge in [0.25, 0.3) is 0 Å². The number of benzene rings is 2. The second-order valence-electron chi connectivity index (χ2n) is 8.84. The SMILES string of the molecule is CN1CCN(N=CC(C(=O)CN(C)C(=S)c2ccccc2)=C(O)CN(C)C(=S)c2ccccc2)CC1. The molecule has 1 N–H and O–H groups in total. The molecular formula is C27H33N5O2S2. The molecule has 2 aromatic rings. The van der Waals surface area contributed by atoms with Crippen LogP contribution < -0.4 is 0 Å². The first kappa shape index (κ1) is 27.4. The van der Waals surface area contributed by atoms with Crippen LogP contribution in [0, 0.1) is 0 Å². The average Bonchev–Trinajstić information content (AvgIpc) is 2.89. The van der Waals surface area contributed by atoms with E-state index in [2.05, 4.69) is 17.0 Å². The number of Topliss-reactive ketones (excluding diaryl/α,β-unsaturated/α-hetero) is 1. The number of likely N-dealkylation sites (N-methyl/N-ethyl adjacent to an activating group) is 3. The van der Waals surface area contributed by atoms with Crippen LogP contribution in [0.15, 0.2) is 77.1 Å². The summed E-state index contributed by atoms with van der Waals surface area (Å²) in [6.45, 7) is 3.37. The lowest BCUT2D eigenvalue weighted by molar-refractivity contribution is -0.115. The molecule has 1 aliphatic heterocycles. The highest BCUT2D eigenvalue weighted by Crippen LogP contribution is 2.12. The van der Waals surface area contributed by atoms with Gasteiger partial charge in [0.05, 0.1) is 24.9 Å². The zero-order valence-electron chi connectivity index (χ0n) is 21.0. The smallest absolute Gasteiger partial charge is 0.187 e. The minimum atomic E-state index is -0.273. The van der Waals surface area contributed by atoms with E-state index in [0.717, 1.165) is 37.3 Å². The highest BCUT2D eigenvalue weighted by atomic mass is 32.1. The van der Waals surface area contributed by atoms with Crippen molar-refractivity contribution in [2.24, 2.45) is 5.10 Å². The van der Waals surface area contributed by atoms with Crippen molar-refractivity contribution in [3.63, 3.8) is 0 Å². The Balaban J connectivity index is 1.79. The Bertz CT molecular complexity index is 1110. The van der Waals surface area contributed by atoms with Crippen LogP contribution in [0.5, 0.6) is 0 Å². The Morgan fingerprint density at radius 1 is 0.889 bits per heavy atom. The minimum absolute atomic E-state index is 0.00866. The molecule has 36 heavy (non-hydrogen) atoms. The fraction of sp³-hybridized carbons (Fsp3) is 0.333. The average molecular weight is 524 g/mol. The van der Waals surface area contributed by atoms with Crippen molar-refractivity contribution in [2.45, 2.75) is 0 Å². The Kier molecular flexibility index (Phi) is 10.1. The Labute approximate surface area is 224 Å². The van der Waals surface area contributed by atoms with Gasteiger partial charge in [0.1, 0.15) is 15.7 Å². The highest BCUT2D eigenvalue weighted by molar-refractivity contribution is 7.80. The summed E-state index contributed by atoms with van der Waals surface area (Å²) >= 11 is 11.2. The molecule has 0 spiro atoms. The third-order valence-corrected chi connectivity index (χ3v) is 7.04. The maximum Gasteiger partial charge on any atom is 0.187 e. The first-order valence-electron chi connectivity index (χ1n) is 11.8. The number of ketones is 1. The predicted octanol–water partition coefficient (Wildman–Crippen LogP) is 3.22. The third kappa shape index (κ3) is 7.68. The second kappa shape index (κ2) is 13.2. The molecule has 0 atom stereocenters. The predicted molar refractivity (Wildman–Crippen MR) is 154 cm³/mol. The summed E-state index contributed by atoms with van der Waals surface area (Å²) in [4.78, 5) is 20.2. The lowest BCUT2D eigenvalue weighted by Gasteiger charge is -2.30. The first-order valence-corrected chi connectivity index (χ1v) is 12.6. The molecule has 2 aromatic carbocycles. The van der Waals surface area contributed by atoms with Gasteiger partial charge in [-0.15, -0.1) is 0 Å². The van der Waals surface area contributed by atoms with E-state index in [4.69, 9.17) is 24.4 Å². The van der Waals surface area contributed by atoms with Crippen LogP contribution in [-0.4, -0.2) is 107 Å². The van der Waals surface area contributed by atoms with E-state index in [0.29, 0.717) is 9.98 Å². The van der Waals surface area contributed by atoms with E-state index < -0.39 is 0 Å². The number of rotatable bonds is 9. The Hall–Kier alpha value is -3.14.